The van der Waals surface area contributed by atoms with Gasteiger partial charge in [-0.05, 0) is 44.9 Å². The number of halogens is 4. The number of nitrogens with two attached hydrogens (primary N) is 1. The van der Waals surface area contributed by atoms with Crippen molar-refractivity contribution in [2.24, 2.45) is 5.73 Å². The molecule has 0 aliphatic carbocycles. The standard InChI is InChI=1S/C14H17F4NO2/c1-13(2,3)21-12(20)11(19)6-8-4-5-9(15)7-10(8)14(16,17)18/h4-5,7,11H,6,19H2,1-3H3/t11-/m1/s1. The number of carbonyl (C=O) groups excluding carboxylic acids is 1. The number of hydrogen-bond donors (Lipinski definition) is 1. The van der Waals surface area contributed by atoms with Crippen molar-refractivity contribution >= 4 is 5.97 Å². The van der Waals surface area contributed by atoms with Gasteiger partial charge >= 0.3 is 12.1 Å². The molecule has 0 saturated carbocycles. The van der Waals surface area contributed by atoms with Gasteiger partial charge in [0.15, 0.2) is 0 Å². The molecule has 0 aromatic heterocycles. The maximum atomic E-state index is 13.0. The van der Waals surface area contributed by atoms with Gasteiger partial charge in [0.05, 0.1) is 5.56 Å². The Morgan fingerprint density at radius 1 is 1.29 bits per heavy atom. The molecule has 3 nitrogen and oxygen atoms in total. The molecule has 118 valence electrons. The van der Waals surface area contributed by atoms with Crippen LogP contribution in [0.1, 0.15) is 31.9 Å². The topological polar surface area (TPSA) is 52.3 Å². The minimum absolute atomic E-state index is 0.248. The van der Waals surface area contributed by atoms with Crippen molar-refractivity contribution < 1.29 is 27.1 Å². The van der Waals surface area contributed by atoms with Gasteiger partial charge in [-0.3, -0.25) is 4.79 Å². The molecule has 0 unspecified atom stereocenters. The molecule has 0 amide bonds. The smallest absolute Gasteiger partial charge is 0.416 e. The van der Waals surface area contributed by atoms with Crippen molar-refractivity contribution in [1.82, 2.24) is 0 Å². The quantitative estimate of drug-likeness (QED) is 0.690. The van der Waals surface area contributed by atoms with Crippen LogP contribution in [0.3, 0.4) is 0 Å². The lowest BCUT2D eigenvalue weighted by atomic mass is 10.00. The first-order valence-electron chi connectivity index (χ1n) is 6.24. The van der Waals surface area contributed by atoms with Crippen LogP contribution in [0.5, 0.6) is 0 Å². The summed E-state index contributed by atoms with van der Waals surface area (Å²) >= 11 is 0. The van der Waals surface area contributed by atoms with Crippen LogP contribution in [0, 0.1) is 5.82 Å². The highest BCUT2D eigenvalue weighted by Gasteiger charge is 2.35. The third-order valence-corrected chi connectivity index (χ3v) is 2.53. The van der Waals surface area contributed by atoms with Crippen LogP contribution in [-0.2, 0) is 22.1 Å². The largest absolute Gasteiger partial charge is 0.459 e. The molecule has 1 atom stereocenters. The molecule has 0 saturated heterocycles. The van der Waals surface area contributed by atoms with Crippen LogP contribution in [0.4, 0.5) is 17.6 Å². The Morgan fingerprint density at radius 3 is 2.33 bits per heavy atom. The summed E-state index contributed by atoms with van der Waals surface area (Å²) in [6.07, 6.45) is -5.10. The molecule has 0 spiro atoms. The summed E-state index contributed by atoms with van der Waals surface area (Å²) in [7, 11) is 0. The van der Waals surface area contributed by atoms with Gasteiger partial charge in [-0.2, -0.15) is 13.2 Å². The van der Waals surface area contributed by atoms with Crippen molar-refractivity contribution in [2.75, 3.05) is 0 Å². The Labute approximate surface area is 120 Å². The first kappa shape index (κ1) is 17.4. The van der Waals surface area contributed by atoms with E-state index in [9.17, 15) is 22.4 Å². The predicted octanol–water partition coefficient (Wildman–Crippen LogP) is 3.06. The Bertz CT molecular complexity index is 521. The fourth-order valence-corrected chi connectivity index (χ4v) is 1.69. The van der Waals surface area contributed by atoms with Crippen LogP contribution < -0.4 is 5.73 Å². The summed E-state index contributed by atoms with van der Waals surface area (Å²) in [6, 6.07) is 1.00. The highest BCUT2D eigenvalue weighted by molar-refractivity contribution is 5.76. The number of hydrogen-bond acceptors (Lipinski definition) is 3. The number of benzene rings is 1. The van der Waals surface area contributed by atoms with Crippen molar-refractivity contribution in [3.63, 3.8) is 0 Å². The van der Waals surface area contributed by atoms with Gasteiger partial charge in [0.25, 0.3) is 0 Å². The van der Waals surface area contributed by atoms with Crippen molar-refractivity contribution in [3.8, 4) is 0 Å². The van der Waals surface area contributed by atoms with Gasteiger partial charge in [-0.15, -0.1) is 0 Å². The molecule has 1 aromatic carbocycles. The van der Waals surface area contributed by atoms with E-state index in [0.717, 1.165) is 12.1 Å². The maximum Gasteiger partial charge on any atom is 0.416 e. The molecule has 0 radical (unpaired) electrons. The molecule has 0 aliphatic rings. The molecule has 0 bridgehead atoms. The number of alkyl halides is 3. The monoisotopic (exact) mass is 307 g/mol. The van der Waals surface area contributed by atoms with Crippen LogP contribution >= 0.6 is 0 Å². The van der Waals surface area contributed by atoms with E-state index >= 15 is 0 Å². The zero-order valence-electron chi connectivity index (χ0n) is 11.9. The van der Waals surface area contributed by atoms with Gasteiger partial charge in [0.1, 0.15) is 17.5 Å². The van der Waals surface area contributed by atoms with Crippen LogP contribution in [0.2, 0.25) is 0 Å². The van der Waals surface area contributed by atoms with E-state index in [0.29, 0.717) is 6.07 Å². The van der Waals surface area contributed by atoms with E-state index in [-0.39, 0.29) is 12.0 Å². The molecule has 2 N–H and O–H groups in total. The van der Waals surface area contributed by atoms with Crippen LogP contribution in [0.15, 0.2) is 18.2 Å². The Hall–Kier alpha value is -1.63. The minimum Gasteiger partial charge on any atom is -0.459 e. The fraction of sp³-hybridized carbons (Fsp3) is 0.500. The number of carbonyl (C=O) groups is 1. The fourth-order valence-electron chi connectivity index (χ4n) is 1.69. The predicted molar refractivity (Wildman–Crippen MR) is 68.9 cm³/mol. The third-order valence-electron chi connectivity index (χ3n) is 2.53. The second kappa shape index (κ2) is 6.01. The Morgan fingerprint density at radius 2 is 1.86 bits per heavy atom. The zero-order valence-corrected chi connectivity index (χ0v) is 11.9. The van der Waals surface area contributed by atoms with E-state index < -0.39 is 35.2 Å². The molecular formula is C14H17F4NO2. The van der Waals surface area contributed by atoms with Crippen molar-refractivity contribution in [2.45, 2.75) is 45.0 Å². The molecule has 7 heteroatoms. The van der Waals surface area contributed by atoms with Gasteiger partial charge in [0.2, 0.25) is 0 Å². The highest BCUT2D eigenvalue weighted by Crippen LogP contribution is 2.33. The molecule has 0 aliphatic heterocycles. The third kappa shape index (κ3) is 5.34. The molecule has 0 fully saturated rings. The lowest BCUT2D eigenvalue weighted by Gasteiger charge is -2.23. The van der Waals surface area contributed by atoms with E-state index in [2.05, 4.69) is 0 Å². The van der Waals surface area contributed by atoms with Gasteiger partial charge in [-0.25, -0.2) is 4.39 Å². The summed E-state index contributed by atoms with van der Waals surface area (Å²) in [5.41, 5.74) is 3.40. The average Bonchev–Trinajstić information content (AvgIpc) is 2.27. The SMILES string of the molecule is CC(C)(C)OC(=O)[C@H](N)Cc1ccc(F)cc1C(F)(F)F. The summed E-state index contributed by atoms with van der Waals surface area (Å²) in [6.45, 7) is 4.87. The summed E-state index contributed by atoms with van der Waals surface area (Å²) in [5.74, 6) is -1.81. The van der Waals surface area contributed by atoms with Crippen LogP contribution in [0.25, 0.3) is 0 Å². The number of ether oxygens (including phenoxy) is 1. The summed E-state index contributed by atoms with van der Waals surface area (Å²) in [4.78, 5) is 11.7. The molecular weight excluding hydrogens is 290 g/mol. The zero-order chi connectivity index (χ0) is 16.4. The van der Waals surface area contributed by atoms with Gasteiger partial charge in [0, 0.05) is 0 Å². The van der Waals surface area contributed by atoms with E-state index in [4.69, 9.17) is 10.5 Å². The second-order valence-electron chi connectivity index (χ2n) is 5.64. The van der Waals surface area contributed by atoms with Crippen LogP contribution in [-0.4, -0.2) is 17.6 Å². The number of rotatable bonds is 3. The second-order valence-corrected chi connectivity index (χ2v) is 5.64. The Kier molecular flexibility index (Phi) is 4.99. The van der Waals surface area contributed by atoms with Crippen molar-refractivity contribution in [3.05, 3.63) is 35.1 Å². The van der Waals surface area contributed by atoms with Crippen molar-refractivity contribution in [1.29, 1.82) is 0 Å². The van der Waals surface area contributed by atoms with E-state index in [1.807, 2.05) is 0 Å². The first-order valence-corrected chi connectivity index (χ1v) is 6.24. The van der Waals surface area contributed by atoms with E-state index in [1.54, 1.807) is 20.8 Å². The van der Waals surface area contributed by atoms with Gasteiger partial charge < -0.3 is 10.5 Å². The molecule has 0 heterocycles. The summed E-state index contributed by atoms with van der Waals surface area (Å²) < 4.78 is 56.5. The molecule has 1 aromatic rings. The normalized spacial score (nSPS) is 13.9. The summed E-state index contributed by atoms with van der Waals surface area (Å²) in [5, 5.41) is 0. The lowest BCUT2D eigenvalue weighted by Crippen LogP contribution is -2.39. The minimum atomic E-state index is -4.72. The maximum absolute atomic E-state index is 13.0. The Balaban J connectivity index is 2.95. The lowest BCUT2D eigenvalue weighted by molar-refractivity contribution is -0.156. The highest BCUT2D eigenvalue weighted by atomic mass is 19.4. The average molecular weight is 307 g/mol. The van der Waals surface area contributed by atoms with Gasteiger partial charge in [-0.1, -0.05) is 6.07 Å². The molecule has 1 rings (SSSR count). The van der Waals surface area contributed by atoms with E-state index in [1.165, 1.54) is 0 Å². The first-order chi connectivity index (χ1) is 9.40. The molecule has 21 heavy (non-hydrogen) atoms. The number of esters is 1.